The molecule has 0 aliphatic carbocycles. The molecule has 7 heavy (non-hydrogen) atoms. The van der Waals surface area contributed by atoms with E-state index in [-0.39, 0.29) is 0 Å². The molecule has 0 heterocycles. The average molecular weight is 138 g/mol. The van der Waals surface area contributed by atoms with Crippen molar-refractivity contribution < 1.29 is 5.73 Å². The van der Waals surface area contributed by atoms with Crippen molar-refractivity contribution in [1.82, 2.24) is 0 Å². The summed E-state index contributed by atoms with van der Waals surface area (Å²) < 4.78 is 0. The molecule has 0 saturated carbocycles. The Morgan fingerprint density at radius 2 is 2.14 bits per heavy atom. The molecule has 0 aromatic rings. The standard InChI is InChI=1S/C4H11NS2/c1-2-6-7-4-3-5/h2-5H2,1H3/p+1. The molecular formula is C4H12NS2+. The maximum Gasteiger partial charge on any atom is 0.0840 e. The fraction of sp³-hybridized carbons (Fsp3) is 1.00. The minimum atomic E-state index is 1.05. The van der Waals surface area contributed by atoms with Crippen molar-refractivity contribution >= 4 is 21.6 Å². The van der Waals surface area contributed by atoms with Gasteiger partial charge < -0.3 is 5.73 Å². The molecular weight excluding hydrogens is 126 g/mol. The Balaban J connectivity index is 2.45. The monoisotopic (exact) mass is 138 g/mol. The van der Waals surface area contributed by atoms with Crippen LogP contribution in [0.5, 0.6) is 0 Å². The van der Waals surface area contributed by atoms with Gasteiger partial charge in [0.2, 0.25) is 0 Å². The minimum Gasteiger partial charge on any atom is -0.357 e. The normalized spacial score (nSPS) is 9.43. The predicted octanol–water partition coefficient (Wildman–Crippen LogP) is 0.630. The van der Waals surface area contributed by atoms with E-state index in [1.54, 1.807) is 0 Å². The molecule has 0 aliphatic heterocycles. The topological polar surface area (TPSA) is 27.6 Å². The van der Waals surface area contributed by atoms with Gasteiger partial charge in [-0.15, -0.1) is 0 Å². The van der Waals surface area contributed by atoms with Gasteiger partial charge in [-0.1, -0.05) is 28.5 Å². The van der Waals surface area contributed by atoms with E-state index in [0.717, 1.165) is 6.54 Å². The summed E-state index contributed by atoms with van der Waals surface area (Å²) in [5.74, 6) is 2.41. The van der Waals surface area contributed by atoms with Crippen LogP contribution in [0.2, 0.25) is 0 Å². The van der Waals surface area contributed by atoms with Gasteiger partial charge >= 0.3 is 0 Å². The van der Waals surface area contributed by atoms with Crippen LogP contribution in [-0.4, -0.2) is 18.1 Å². The molecule has 0 saturated heterocycles. The molecule has 3 heteroatoms. The van der Waals surface area contributed by atoms with Crippen LogP contribution in [-0.2, 0) is 0 Å². The van der Waals surface area contributed by atoms with Crippen LogP contribution in [0.1, 0.15) is 6.92 Å². The predicted molar refractivity (Wildman–Crippen MR) is 38.3 cm³/mol. The molecule has 0 radical (unpaired) electrons. The van der Waals surface area contributed by atoms with Crippen LogP contribution in [0.25, 0.3) is 0 Å². The molecule has 0 fully saturated rings. The van der Waals surface area contributed by atoms with Crippen molar-refractivity contribution in [3.05, 3.63) is 0 Å². The summed E-state index contributed by atoms with van der Waals surface area (Å²) >= 11 is 0. The second-order valence-electron chi connectivity index (χ2n) is 1.08. The highest BCUT2D eigenvalue weighted by Crippen LogP contribution is 2.18. The van der Waals surface area contributed by atoms with E-state index in [4.69, 9.17) is 0 Å². The zero-order valence-electron chi connectivity index (χ0n) is 4.64. The van der Waals surface area contributed by atoms with Crippen LogP contribution in [0.4, 0.5) is 0 Å². The zero-order chi connectivity index (χ0) is 5.54. The molecule has 0 aliphatic rings. The van der Waals surface area contributed by atoms with Crippen LogP contribution >= 0.6 is 21.6 Å². The van der Waals surface area contributed by atoms with Crippen molar-refractivity contribution in [1.29, 1.82) is 0 Å². The van der Waals surface area contributed by atoms with Gasteiger partial charge in [-0.2, -0.15) is 0 Å². The summed E-state index contributed by atoms with van der Waals surface area (Å²) in [6.45, 7) is 3.22. The fourth-order valence-electron chi connectivity index (χ4n) is 0.201. The first-order chi connectivity index (χ1) is 3.41. The van der Waals surface area contributed by atoms with Crippen LogP contribution in [0.15, 0.2) is 0 Å². The lowest BCUT2D eigenvalue weighted by molar-refractivity contribution is -0.360. The van der Waals surface area contributed by atoms with Crippen LogP contribution in [0, 0.1) is 0 Å². The molecule has 1 nitrogen and oxygen atoms in total. The lowest BCUT2D eigenvalue weighted by Gasteiger charge is -1.89. The quantitative estimate of drug-likeness (QED) is 0.456. The average Bonchev–Trinajstić information content (AvgIpc) is 1.69. The lowest BCUT2D eigenvalue weighted by atomic mass is 10.8. The molecule has 3 N–H and O–H groups in total. The summed E-state index contributed by atoms with van der Waals surface area (Å²) in [6.07, 6.45) is 0. The Hall–Kier alpha value is 0.660. The Bertz CT molecular complexity index is 28.9. The molecule has 44 valence electrons. The van der Waals surface area contributed by atoms with Crippen molar-refractivity contribution in [3.63, 3.8) is 0 Å². The van der Waals surface area contributed by atoms with E-state index in [9.17, 15) is 0 Å². The molecule has 0 rings (SSSR count). The maximum absolute atomic E-state index is 3.72. The first kappa shape index (κ1) is 7.66. The van der Waals surface area contributed by atoms with Gasteiger partial charge in [-0.25, -0.2) is 0 Å². The summed E-state index contributed by atoms with van der Waals surface area (Å²) in [7, 11) is 3.82. The van der Waals surface area contributed by atoms with Crippen molar-refractivity contribution in [3.8, 4) is 0 Å². The highest BCUT2D eigenvalue weighted by Gasteiger charge is 1.82. The minimum absolute atomic E-state index is 1.05. The number of rotatable bonds is 4. The second-order valence-corrected chi connectivity index (χ2v) is 3.95. The second kappa shape index (κ2) is 6.66. The van der Waals surface area contributed by atoms with Gasteiger partial charge in [0.15, 0.2) is 0 Å². The number of hydrogen-bond acceptors (Lipinski definition) is 2. The summed E-state index contributed by atoms with van der Waals surface area (Å²) in [5.41, 5.74) is 3.72. The highest BCUT2D eigenvalue weighted by atomic mass is 33.1. The molecule has 0 aromatic carbocycles. The summed E-state index contributed by atoms with van der Waals surface area (Å²) in [4.78, 5) is 0. The van der Waals surface area contributed by atoms with E-state index in [0.29, 0.717) is 0 Å². The third-order valence-electron chi connectivity index (χ3n) is 0.429. The Morgan fingerprint density at radius 3 is 2.57 bits per heavy atom. The van der Waals surface area contributed by atoms with Gasteiger partial charge in [0.05, 0.1) is 12.3 Å². The van der Waals surface area contributed by atoms with Gasteiger partial charge in [0.25, 0.3) is 0 Å². The summed E-state index contributed by atoms with van der Waals surface area (Å²) in [5, 5.41) is 0. The third-order valence-corrected chi connectivity index (χ3v) is 2.99. The highest BCUT2D eigenvalue weighted by molar-refractivity contribution is 8.76. The van der Waals surface area contributed by atoms with E-state index in [1.807, 2.05) is 21.6 Å². The zero-order valence-corrected chi connectivity index (χ0v) is 6.28. The molecule has 0 amide bonds. The van der Waals surface area contributed by atoms with Crippen molar-refractivity contribution in [2.45, 2.75) is 6.92 Å². The summed E-state index contributed by atoms with van der Waals surface area (Å²) in [6, 6.07) is 0. The molecule has 0 unspecified atom stereocenters. The fourth-order valence-corrected chi connectivity index (χ4v) is 1.81. The Morgan fingerprint density at radius 1 is 1.43 bits per heavy atom. The molecule has 0 bridgehead atoms. The van der Waals surface area contributed by atoms with Crippen molar-refractivity contribution in [2.75, 3.05) is 18.1 Å². The first-order valence-electron chi connectivity index (χ1n) is 2.45. The van der Waals surface area contributed by atoms with Gasteiger partial charge in [0.1, 0.15) is 0 Å². The smallest absolute Gasteiger partial charge is 0.0840 e. The molecule has 0 aromatic heterocycles. The Kier molecular flexibility index (Phi) is 7.29. The third kappa shape index (κ3) is 6.66. The Labute approximate surface area is 52.8 Å². The maximum atomic E-state index is 3.72. The molecule has 0 spiro atoms. The molecule has 0 atom stereocenters. The van der Waals surface area contributed by atoms with E-state index in [1.165, 1.54) is 11.5 Å². The van der Waals surface area contributed by atoms with Gasteiger partial charge in [0, 0.05) is 5.75 Å². The lowest BCUT2D eigenvalue weighted by Crippen LogP contribution is -2.51. The van der Waals surface area contributed by atoms with Crippen molar-refractivity contribution in [2.24, 2.45) is 0 Å². The van der Waals surface area contributed by atoms with Gasteiger partial charge in [-0.3, -0.25) is 0 Å². The number of hydrogen-bond donors (Lipinski definition) is 1. The largest absolute Gasteiger partial charge is 0.357 e. The van der Waals surface area contributed by atoms with Crippen LogP contribution in [0.3, 0.4) is 0 Å². The van der Waals surface area contributed by atoms with E-state index in [2.05, 4.69) is 12.7 Å². The SMILES string of the molecule is CCSSCC[NH3+]. The van der Waals surface area contributed by atoms with E-state index >= 15 is 0 Å². The van der Waals surface area contributed by atoms with Gasteiger partial charge in [-0.05, 0) is 0 Å². The first-order valence-corrected chi connectivity index (χ1v) is 4.94. The van der Waals surface area contributed by atoms with Crippen LogP contribution < -0.4 is 5.73 Å². The van der Waals surface area contributed by atoms with E-state index < -0.39 is 0 Å². The number of quaternary nitrogens is 1.